The van der Waals surface area contributed by atoms with Crippen molar-refractivity contribution in [1.82, 2.24) is 10.3 Å². The summed E-state index contributed by atoms with van der Waals surface area (Å²) < 4.78 is 23.0. The van der Waals surface area contributed by atoms with Gasteiger partial charge in [0.2, 0.25) is 5.95 Å². The highest BCUT2D eigenvalue weighted by molar-refractivity contribution is 5.67. The number of ether oxygens (including phenoxy) is 2. The normalized spacial score (nSPS) is 10.9. The Balaban J connectivity index is 2.21. The van der Waals surface area contributed by atoms with Crippen LogP contribution >= 0.6 is 0 Å². The summed E-state index contributed by atoms with van der Waals surface area (Å²) in [5.74, 6) is -0.235. The maximum Gasteiger partial charge on any atom is 0.407 e. The van der Waals surface area contributed by atoms with Gasteiger partial charge in [-0.2, -0.15) is 4.39 Å². The van der Waals surface area contributed by atoms with Crippen LogP contribution < -0.4 is 10.1 Å². The van der Waals surface area contributed by atoms with Gasteiger partial charge >= 0.3 is 6.09 Å². The van der Waals surface area contributed by atoms with Crippen LogP contribution in [-0.4, -0.2) is 29.8 Å². The largest absolute Gasteiger partial charge is 0.492 e. The van der Waals surface area contributed by atoms with Gasteiger partial charge in [-0.3, -0.25) is 0 Å². The van der Waals surface area contributed by atoms with Gasteiger partial charge in [-0.05, 0) is 26.8 Å². The molecule has 100 valence electrons. The summed E-state index contributed by atoms with van der Waals surface area (Å²) in [4.78, 5) is 14.7. The first-order valence-electron chi connectivity index (χ1n) is 5.58. The van der Waals surface area contributed by atoms with E-state index in [1.165, 1.54) is 18.3 Å². The third kappa shape index (κ3) is 6.03. The molecule has 0 radical (unpaired) electrons. The molecule has 1 amide bonds. The van der Waals surface area contributed by atoms with Crippen LogP contribution in [0.5, 0.6) is 5.75 Å². The van der Waals surface area contributed by atoms with E-state index in [4.69, 9.17) is 9.47 Å². The van der Waals surface area contributed by atoms with E-state index in [9.17, 15) is 9.18 Å². The zero-order valence-corrected chi connectivity index (χ0v) is 10.7. The lowest BCUT2D eigenvalue weighted by molar-refractivity contribution is 0.0520. The summed E-state index contributed by atoms with van der Waals surface area (Å²) in [6.45, 7) is 5.84. The van der Waals surface area contributed by atoms with Gasteiger partial charge in [0.15, 0.2) is 0 Å². The zero-order chi connectivity index (χ0) is 13.6. The third-order valence-corrected chi connectivity index (χ3v) is 1.74. The predicted molar refractivity (Wildman–Crippen MR) is 63.9 cm³/mol. The SMILES string of the molecule is CC(C)(C)OC(=O)NCCOc1ccnc(F)c1. The van der Waals surface area contributed by atoms with Crippen molar-refractivity contribution in [2.24, 2.45) is 0 Å². The smallest absolute Gasteiger partial charge is 0.407 e. The molecule has 0 aliphatic heterocycles. The van der Waals surface area contributed by atoms with Crippen LogP contribution in [0.25, 0.3) is 0 Å². The van der Waals surface area contributed by atoms with E-state index in [1.807, 2.05) is 0 Å². The first-order chi connectivity index (χ1) is 8.37. The van der Waals surface area contributed by atoms with Crippen LogP contribution in [0, 0.1) is 5.95 Å². The maximum absolute atomic E-state index is 12.7. The van der Waals surface area contributed by atoms with Crippen LogP contribution in [0.1, 0.15) is 20.8 Å². The fraction of sp³-hybridized carbons (Fsp3) is 0.500. The lowest BCUT2D eigenvalue weighted by atomic mass is 10.2. The fourth-order valence-electron chi connectivity index (χ4n) is 1.11. The Labute approximate surface area is 105 Å². The monoisotopic (exact) mass is 256 g/mol. The van der Waals surface area contributed by atoms with Crippen molar-refractivity contribution >= 4 is 6.09 Å². The highest BCUT2D eigenvalue weighted by atomic mass is 19.1. The minimum absolute atomic E-state index is 0.225. The molecule has 0 saturated carbocycles. The summed E-state index contributed by atoms with van der Waals surface area (Å²) in [7, 11) is 0. The molecule has 1 heterocycles. The van der Waals surface area contributed by atoms with E-state index in [-0.39, 0.29) is 13.2 Å². The van der Waals surface area contributed by atoms with E-state index in [2.05, 4.69) is 10.3 Å². The van der Waals surface area contributed by atoms with Crippen LogP contribution in [0.2, 0.25) is 0 Å². The van der Waals surface area contributed by atoms with Gasteiger partial charge in [0.1, 0.15) is 18.0 Å². The first kappa shape index (κ1) is 14.2. The molecule has 0 aliphatic rings. The summed E-state index contributed by atoms with van der Waals surface area (Å²) in [5, 5.41) is 2.53. The first-order valence-corrected chi connectivity index (χ1v) is 5.58. The van der Waals surface area contributed by atoms with Gasteiger partial charge in [-0.15, -0.1) is 0 Å². The van der Waals surface area contributed by atoms with Crippen molar-refractivity contribution in [2.75, 3.05) is 13.2 Å². The number of nitrogens with zero attached hydrogens (tertiary/aromatic N) is 1. The van der Waals surface area contributed by atoms with Crippen molar-refractivity contribution in [3.8, 4) is 5.75 Å². The van der Waals surface area contributed by atoms with Crippen molar-refractivity contribution in [2.45, 2.75) is 26.4 Å². The number of rotatable bonds is 4. The summed E-state index contributed by atoms with van der Waals surface area (Å²) in [6, 6.07) is 2.71. The minimum atomic E-state index is -0.604. The number of pyridine rings is 1. The highest BCUT2D eigenvalue weighted by Crippen LogP contribution is 2.09. The number of amides is 1. The molecular weight excluding hydrogens is 239 g/mol. The Morgan fingerprint density at radius 1 is 1.50 bits per heavy atom. The molecule has 1 aromatic heterocycles. The summed E-state index contributed by atoms with van der Waals surface area (Å²) in [6.07, 6.45) is 0.804. The molecule has 0 aromatic carbocycles. The molecule has 0 aliphatic carbocycles. The summed E-state index contributed by atoms with van der Waals surface area (Å²) >= 11 is 0. The Hall–Kier alpha value is -1.85. The van der Waals surface area contributed by atoms with Crippen molar-refractivity contribution in [3.63, 3.8) is 0 Å². The Morgan fingerprint density at radius 2 is 2.22 bits per heavy atom. The zero-order valence-electron chi connectivity index (χ0n) is 10.7. The molecular formula is C12H17FN2O3. The van der Waals surface area contributed by atoms with Crippen molar-refractivity contribution < 1.29 is 18.7 Å². The molecule has 0 unspecified atom stereocenters. The third-order valence-electron chi connectivity index (χ3n) is 1.74. The number of carbonyl (C=O) groups excluding carboxylic acids is 1. The summed E-state index contributed by atoms with van der Waals surface area (Å²) in [5.41, 5.74) is -0.529. The minimum Gasteiger partial charge on any atom is -0.492 e. The molecule has 0 bridgehead atoms. The number of hydrogen-bond donors (Lipinski definition) is 1. The second-order valence-corrected chi connectivity index (χ2v) is 4.59. The molecule has 18 heavy (non-hydrogen) atoms. The van der Waals surface area contributed by atoms with Gasteiger partial charge in [0, 0.05) is 12.3 Å². The molecule has 1 N–H and O–H groups in total. The van der Waals surface area contributed by atoms with E-state index in [1.54, 1.807) is 20.8 Å². The average molecular weight is 256 g/mol. The Bertz CT molecular complexity index is 405. The molecule has 0 spiro atoms. The van der Waals surface area contributed by atoms with Crippen LogP contribution in [0.15, 0.2) is 18.3 Å². The maximum atomic E-state index is 12.7. The molecule has 0 atom stereocenters. The van der Waals surface area contributed by atoms with Gasteiger partial charge in [0.05, 0.1) is 6.54 Å². The Kier molecular flexibility index (Phi) is 4.88. The van der Waals surface area contributed by atoms with Gasteiger partial charge in [-0.1, -0.05) is 0 Å². The molecule has 1 rings (SSSR count). The van der Waals surface area contributed by atoms with E-state index in [0.29, 0.717) is 5.75 Å². The highest BCUT2D eigenvalue weighted by Gasteiger charge is 2.15. The van der Waals surface area contributed by atoms with Crippen LogP contribution in [0.4, 0.5) is 9.18 Å². The lowest BCUT2D eigenvalue weighted by Gasteiger charge is -2.19. The second kappa shape index (κ2) is 6.18. The standard InChI is InChI=1S/C12H17FN2O3/c1-12(2,3)18-11(16)15-6-7-17-9-4-5-14-10(13)8-9/h4-5,8H,6-7H2,1-3H3,(H,15,16). The quantitative estimate of drug-likeness (QED) is 0.662. The fourth-order valence-corrected chi connectivity index (χ4v) is 1.11. The topological polar surface area (TPSA) is 60.5 Å². The van der Waals surface area contributed by atoms with E-state index >= 15 is 0 Å². The van der Waals surface area contributed by atoms with Gasteiger partial charge in [0.25, 0.3) is 0 Å². The number of nitrogens with one attached hydrogen (secondary N) is 1. The van der Waals surface area contributed by atoms with Crippen LogP contribution in [0.3, 0.4) is 0 Å². The number of halogens is 1. The van der Waals surface area contributed by atoms with Crippen molar-refractivity contribution in [1.29, 1.82) is 0 Å². The number of carbonyl (C=O) groups is 1. The average Bonchev–Trinajstić information content (AvgIpc) is 2.22. The molecule has 1 aromatic rings. The number of aromatic nitrogens is 1. The van der Waals surface area contributed by atoms with Gasteiger partial charge < -0.3 is 14.8 Å². The number of alkyl carbamates (subject to hydrolysis) is 1. The van der Waals surface area contributed by atoms with Crippen molar-refractivity contribution in [3.05, 3.63) is 24.3 Å². The van der Waals surface area contributed by atoms with Gasteiger partial charge in [-0.25, -0.2) is 9.78 Å². The molecule has 0 saturated heterocycles. The predicted octanol–water partition coefficient (Wildman–Crippen LogP) is 2.12. The van der Waals surface area contributed by atoms with E-state index < -0.39 is 17.6 Å². The number of hydrogen-bond acceptors (Lipinski definition) is 4. The molecule has 0 fully saturated rings. The molecule has 5 nitrogen and oxygen atoms in total. The second-order valence-electron chi connectivity index (χ2n) is 4.59. The lowest BCUT2D eigenvalue weighted by Crippen LogP contribution is -2.34. The Morgan fingerprint density at radius 3 is 2.83 bits per heavy atom. The van der Waals surface area contributed by atoms with Crippen LogP contribution in [-0.2, 0) is 4.74 Å². The van der Waals surface area contributed by atoms with E-state index in [0.717, 1.165) is 0 Å². The molecule has 6 heteroatoms.